The van der Waals surface area contributed by atoms with E-state index >= 15 is 0 Å². The number of benzene rings is 2. The van der Waals surface area contributed by atoms with E-state index < -0.39 is 7.12 Å². The Kier molecular flexibility index (Phi) is 2.56. The highest BCUT2D eigenvalue weighted by atomic mass is 35.5. The number of hydrogen-bond donors (Lipinski definition) is 3. The molecule has 0 fully saturated rings. The van der Waals surface area contributed by atoms with Gasteiger partial charge < -0.3 is 15.2 Å². The Bertz CT molecular complexity index is 513. The van der Waals surface area contributed by atoms with Crippen molar-refractivity contribution in [1.29, 1.82) is 0 Å². The summed E-state index contributed by atoms with van der Waals surface area (Å²) in [7, 11) is -1.73. The summed E-state index contributed by atoms with van der Waals surface area (Å²) in [5.41, 5.74) is 0.0127. The van der Waals surface area contributed by atoms with Crippen LogP contribution in [0, 0.1) is 0 Å². The summed E-state index contributed by atoms with van der Waals surface area (Å²) >= 11 is 5.94. The van der Waals surface area contributed by atoms with Crippen LogP contribution in [0.1, 0.15) is 0 Å². The van der Waals surface area contributed by atoms with E-state index in [-0.39, 0.29) is 11.2 Å². The Hall–Kier alpha value is -1.23. The molecule has 0 heterocycles. The normalized spacial score (nSPS) is 10.6. The van der Waals surface area contributed by atoms with Gasteiger partial charge in [-0.3, -0.25) is 0 Å². The van der Waals surface area contributed by atoms with Crippen LogP contribution in [-0.4, -0.2) is 22.3 Å². The van der Waals surface area contributed by atoms with Crippen LogP contribution < -0.4 is 5.46 Å². The van der Waals surface area contributed by atoms with Crippen molar-refractivity contribution in [3.05, 3.63) is 35.4 Å². The van der Waals surface area contributed by atoms with Crippen molar-refractivity contribution >= 4 is 35.0 Å². The van der Waals surface area contributed by atoms with Crippen LogP contribution in [0.4, 0.5) is 0 Å². The summed E-state index contributed by atoms with van der Waals surface area (Å²) in [5, 5.41) is 29.4. The van der Waals surface area contributed by atoms with E-state index in [1.807, 2.05) is 0 Å². The molecule has 15 heavy (non-hydrogen) atoms. The van der Waals surface area contributed by atoms with Crippen molar-refractivity contribution in [1.82, 2.24) is 0 Å². The maximum atomic E-state index is 9.77. The molecule has 3 nitrogen and oxygen atoms in total. The SMILES string of the molecule is OB(O)c1cc(Cl)c2ccccc2c1O. The minimum absolute atomic E-state index is 0.0127. The van der Waals surface area contributed by atoms with Crippen LogP contribution in [0.15, 0.2) is 30.3 Å². The zero-order valence-corrected chi connectivity index (χ0v) is 8.44. The van der Waals surface area contributed by atoms with Gasteiger partial charge in [0.1, 0.15) is 5.75 Å². The molecule has 0 radical (unpaired) electrons. The average molecular weight is 222 g/mol. The summed E-state index contributed by atoms with van der Waals surface area (Å²) in [5.74, 6) is -0.148. The van der Waals surface area contributed by atoms with Crippen LogP contribution in [0.25, 0.3) is 10.8 Å². The van der Waals surface area contributed by atoms with Gasteiger partial charge in [-0.2, -0.15) is 0 Å². The molecule has 2 aromatic rings. The van der Waals surface area contributed by atoms with Crippen molar-refractivity contribution < 1.29 is 15.2 Å². The molecule has 0 unspecified atom stereocenters. The first kappa shape index (κ1) is 10.3. The zero-order valence-electron chi connectivity index (χ0n) is 7.68. The Morgan fingerprint density at radius 1 is 1.07 bits per heavy atom. The predicted octanol–water partition coefficient (Wildman–Crippen LogP) is 0.879. The molecule has 3 N–H and O–H groups in total. The molecular weight excluding hydrogens is 214 g/mol. The van der Waals surface area contributed by atoms with E-state index in [9.17, 15) is 5.11 Å². The fourth-order valence-electron chi connectivity index (χ4n) is 1.53. The molecule has 0 atom stereocenters. The number of hydrogen-bond acceptors (Lipinski definition) is 3. The quantitative estimate of drug-likeness (QED) is 0.628. The van der Waals surface area contributed by atoms with Gasteiger partial charge in [-0.25, -0.2) is 0 Å². The molecule has 2 rings (SSSR count). The second-order valence-corrected chi connectivity index (χ2v) is 3.62. The maximum Gasteiger partial charge on any atom is 0.492 e. The summed E-state index contributed by atoms with van der Waals surface area (Å²) in [6.07, 6.45) is 0. The topological polar surface area (TPSA) is 60.7 Å². The number of aromatic hydroxyl groups is 1. The number of phenols is 1. The van der Waals surface area contributed by atoms with Crippen LogP contribution in [-0.2, 0) is 0 Å². The molecule has 0 saturated carbocycles. The molecule has 76 valence electrons. The molecule has 0 spiro atoms. The number of fused-ring (bicyclic) bond motifs is 1. The van der Waals surface area contributed by atoms with Gasteiger partial charge in [0.15, 0.2) is 0 Å². The first-order valence-corrected chi connectivity index (χ1v) is 4.75. The average Bonchev–Trinajstić information content (AvgIpc) is 2.23. The highest BCUT2D eigenvalue weighted by Crippen LogP contribution is 2.28. The van der Waals surface area contributed by atoms with Crippen molar-refractivity contribution in [3.63, 3.8) is 0 Å². The minimum atomic E-state index is -1.73. The lowest BCUT2D eigenvalue weighted by atomic mass is 9.78. The summed E-state index contributed by atoms with van der Waals surface area (Å²) in [6, 6.07) is 8.31. The Morgan fingerprint density at radius 2 is 1.67 bits per heavy atom. The Balaban J connectivity index is 2.84. The van der Waals surface area contributed by atoms with E-state index in [0.717, 1.165) is 0 Å². The molecule has 0 aliphatic rings. The molecule has 0 aromatic heterocycles. The fraction of sp³-hybridized carbons (Fsp3) is 0. The van der Waals surface area contributed by atoms with Gasteiger partial charge in [0, 0.05) is 21.3 Å². The number of phenolic OH excluding ortho intramolecular Hbond substituents is 1. The molecular formula is C10H8BClO3. The maximum absolute atomic E-state index is 9.77. The van der Waals surface area contributed by atoms with Gasteiger partial charge in [0.2, 0.25) is 0 Å². The zero-order chi connectivity index (χ0) is 11.0. The highest BCUT2D eigenvalue weighted by Gasteiger charge is 2.19. The molecule has 0 saturated heterocycles. The first-order valence-electron chi connectivity index (χ1n) is 4.37. The molecule has 5 heteroatoms. The minimum Gasteiger partial charge on any atom is -0.508 e. The van der Waals surface area contributed by atoms with Gasteiger partial charge in [-0.15, -0.1) is 0 Å². The smallest absolute Gasteiger partial charge is 0.492 e. The largest absolute Gasteiger partial charge is 0.508 e. The monoisotopic (exact) mass is 222 g/mol. The standard InChI is InChI=1S/C10H8BClO3/c12-9-5-8(11(14)15)10(13)7-4-2-1-3-6(7)9/h1-5,13-15H. The van der Waals surface area contributed by atoms with Gasteiger partial charge in [0.05, 0.1) is 0 Å². The van der Waals surface area contributed by atoms with Crippen LogP contribution in [0.5, 0.6) is 5.75 Å². The van der Waals surface area contributed by atoms with Crippen LogP contribution in [0.3, 0.4) is 0 Å². The van der Waals surface area contributed by atoms with Crippen molar-refractivity contribution in [2.24, 2.45) is 0 Å². The third-order valence-corrected chi connectivity index (χ3v) is 2.59. The lowest BCUT2D eigenvalue weighted by Crippen LogP contribution is -2.30. The molecule has 0 bridgehead atoms. The van der Waals surface area contributed by atoms with E-state index in [4.69, 9.17) is 21.6 Å². The number of rotatable bonds is 1. The van der Waals surface area contributed by atoms with Gasteiger partial charge >= 0.3 is 7.12 Å². The first-order chi connectivity index (χ1) is 7.11. The fourth-order valence-corrected chi connectivity index (χ4v) is 1.82. The molecule has 0 aliphatic heterocycles. The second-order valence-electron chi connectivity index (χ2n) is 3.22. The van der Waals surface area contributed by atoms with Crippen molar-refractivity contribution in [2.75, 3.05) is 0 Å². The van der Waals surface area contributed by atoms with Gasteiger partial charge in [-0.05, 0) is 6.07 Å². The summed E-state index contributed by atoms with van der Waals surface area (Å²) in [6.45, 7) is 0. The second kappa shape index (κ2) is 3.74. The van der Waals surface area contributed by atoms with E-state index in [2.05, 4.69) is 0 Å². The Morgan fingerprint density at radius 3 is 2.27 bits per heavy atom. The van der Waals surface area contributed by atoms with Crippen molar-refractivity contribution in [3.8, 4) is 5.75 Å². The third kappa shape index (κ3) is 1.67. The molecule has 2 aromatic carbocycles. The third-order valence-electron chi connectivity index (χ3n) is 2.27. The van der Waals surface area contributed by atoms with E-state index in [0.29, 0.717) is 15.8 Å². The lowest BCUT2D eigenvalue weighted by molar-refractivity contribution is 0.420. The number of halogens is 1. The predicted molar refractivity (Wildman–Crippen MR) is 60.4 cm³/mol. The molecule has 0 amide bonds. The summed E-state index contributed by atoms with van der Waals surface area (Å²) in [4.78, 5) is 0. The molecule has 0 aliphatic carbocycles. The van der Waals surface area contributed by atoms with Crippen LogP contribution >= 0.6 is 11.6 Å². The van der Waals surface area contributed by atoms with Gasteiger partial charge in [-0.1, -0.05) is 35.9 Å². The highest BCUT2D eigenvalue weighted by molar-refractivity contribution is 6.61. The van der Waals surface area contributed by atoms with E-state index in [1.54, 1.807) is 24.3 Å². The lowest BCUT2D eigenvalue weighted by Gasteiger charge is -2.08. The summed E-state index contributed by atoms with van der Waals surface area (Å²) < 4.78 is 0. The van der Waals surface area contributed by atoms with Crippen LogP contribution in [0.2, 0.25) is 5.02 Å². The van der Waals surface area contributed by atoms with E-state index in [1.165, 1.54) is 6.07 Å². The van der Waals surface area contributed by atoms with Gasteiger partial charge in [0.25, 0.3) is 0 Å². The van der Waals surface area contributed by atoms with Crippen molar-refractivity contribution in [2.45, 2.75) is 0 Å². The Labute approximate surface area is 91.7 Å².